The topological polar surface area (TPSA) is 81.8 Å². The van der Waals surface area contributed by atoms with Gasteiger partial charge in [-0.1, -0.05) is 30.3 Å². The minimum absolute atomic E-state index is 0.373. The second-order valence-electron chi connectivity index (χ2n) is 7.04. The Bertz CT molecular complexity index is 506. The number of benzene rings is 1. The van der Waals surface area contributed by atoms with Crippen LogP contribution in [0.5, 0.6) is 0 Å². The van der Waals surface area contributed by atoms with E-state index in [0.717, 1.165) is 18.4 Å². The quantitative estimate of drug-likeness (QED) is 0.812. The van der Waals surface area contributed by atoms with Gasteiger partial charge in [-0.25, -0.2) is 0 Å². The number of hydrogen-bond acceptors (Lipinski definition) is 5. The molecule has 0 aliphatic carbocycles. The largest absolute Gasteiger partial charge is 0.460 e. The summed E-state index contributed by atoms with van der Waals surface area (Å²) < 4.78 is 11.0. The highest BCUT2D eigenvalue weighted by Crippen LogP contribution is 2.30. The summed E-state index contributed by atoms with van der Waals surface area (Å²) in [6.45, 7) is 6.00. The summed E-state index contributed by atoms with van der Waals surface area (Å²) in [5.74, 6) is -1.35. The van der Waals surface area contributed by atoms with Crippen LogP contribution in [0.4, 0.5) is 0 Å². The first-order valence-electron chi connectivity index (χ1n) is 8.12. The predicted octanol–water partition coefficient (Wildman–Crippen LogP) is 2.18. The van der Waals surface area contributed by atoms with Crippen LogP contribution in [0.1, 0.15) is 45.2 Å². The van der Waals surface area contributed by atoms with Crippen LogP contribution < -0.4 is 5.73 Å². The summed E-state index contributed by atoms with van der Waals surface area (Å²) in [5, 5.41) is 10.7. The van der Waals surface area contributed by atoms with Gasteiger partial charge in [-0.05, 0) is 39.2 Å². The zero-order valence-electron chi connectivity index (χ0n) is 14.1. The summed E-state index contributed by atoms with van der Waals surface area (Å²) in [7, 11) is 0. The van der Waals surface area contributed by atoms with Crippen LogP contribution >= 0.6 is 0 Å². The fraction of sp³-hybridized carbons (Fsp3) is 0.611. The number of hydrogen-bond donors (Lipinski definition) is 2. The van der Waals surface area contributed by atoms with E-state index in [0.29, 0.717) is 6.61 Å². The van der Waals surface area contributed by atoms with Crippen molar-refractivity contribution in [3.05, 3.63) is 35.9 Å². The minimum Gasteiger partial charge on any atom is -0.460 e. The second-order valence-corrected chi connectivity index (χ2v) is 7.04. The average Bonchev–Trinajstić information content (AvgIpc) is 3.00. The summed E-state index contributed by atoms with van der Waals surface area (Å²) >= 11 is 0. The standard InChI is InChI=1S/C18H27NO4/c1-18(2,3)23-17(21)14(16(20)13-10-7-11-22-13)15(19)12-8-5-4-6-9-12/h4-6,8-9,13-16,20H,7,10-11,19H2,1-3H3. The number of aliphatic hydroxyl groups is 1. The number of carbonyl (C=O) groups is 1. The van der Waals surface area contributed by atoms with Crippen molar-refractivity contribution in [3.63, 3.8) is 0 Å². The maximum atomic E-state index is 12.7. The molecule has 0 radical (unpaired) electrons. The molecular formula is C18H27NO4. The van der Waals surface area contributed by atoms with Gasteiger partial charge in [0.2, 0.25) is 0 Å². The third-order valence-corrected chi connectivity index (χ3v) is 3.96. The Labute approximate surface area is 137 Å². The lowest BCUT2D eigenvalue weighted by Gasteiger charge is -2.32. The van der Waals surface area contributed by atoms with Gasteiger partial charge in [0.15, 0.2) is 0 Å². The minimum atomic E-state index is -0.984. The molecule has 0 spiro atoms. The van der Waals surface area contributed by atoms with E-state index in [1.807, 2.05) is 30.3 Å². The SMILES string of the molecule is CC(C)(C)OC(=O)C(C(N)c1ccccc1)C(O)C1CCCO1. The van der Waals surface area contributed by atoms with Gasteiger partial charge in [-0.3, -0.25) is 4.79 Å². The smallest absolute Gasteiger partial charge is 0.314 e. The molecule has 0 saturated carbocycles. The van der Waals surface area contributed by atoms with E-state index >= 15 is 0 Å². The molecule has 1 heterocycles. The summed E-state index contributed by atoms with van der Waals surface area (Å²) in [4.78, 5) is 12.7. The molecule has 0 bridgehead atoms. The lowest BCUT2D eigenvalue weighted by molar-refractivity contribution is -0.169. The molecule has 23 heavy (non-hydrogen) atoms. The lowest BCUT2D eigenvalue weighted by Crippen LogP contribution is -2.46. The van der Waals surface area contributed by atoms with Gasteiger partial charge in [0.1, 0.15) is 11.5 Å². The molecule has 4 unspecified atom stereocenters. The van der Waals surface area contributed by atoms with Crippen LogP contribution in [0.25, 0.3) is 0 Å². The van der Waals surface area contributed by atoms with Crippen molar-refractivity contribution < 1.29 is 19.4 Å². The maximum absolute atomic E-state index is 12.7. The first-order valence-corrected chi connectivity index (χ1v) is 8.12. The molecule has 1 saturated heterocycles. The molecule has 1 fully saturated rings. The van der Waals surface area contributed by atoms with E-state index in [2.05, 4.69) is 0 Å². The van der Waals surface area contributed by atoms with E-state index in [-0.39, 0.29) is 6.10 Å². The number of aliphatic hydroxyl groups excluding tert-OH is 1. The molecule has 2 rings (SSSR count). The molecule has 5 heteroatoms. The summed E-state index contributed by atoms with van der Waals surface area (Å²) in [5.41, 5.74) is 6.47. The monoisotopic (exact) mass is 321 g/mol. The fourth-order valence-corrected chi connectivity index (χ4v) is 2.85. The number of esters is 1. The fourth-order valence-electron chi connectivity index (χ4n) is 2.85. The molecule has 4 atom stereocenters. The Hall–Kier alpha value is -1.43. The third kappa shape index (κ3) is 4.77. The lowest BCUT2D eigenvalue weighted by atomic mass is 9.86. The van der Waals surface area contributed by atoms with Crippen molar-refractivity contribution in [1.82, 2.24) is 0 Å². The number of rotatable bonds is 5. The van der Waals surface area contributed by atoms with Gasteiger partial charge in [0.05, 0.1) is 12.2 Å². The van der Waals surface area contributed by atoms with E-state index in [1.165, 1.54) is 0 Å². The van der Waals surface area contributed by atoms with Crippen LogP contribution in [0.2, 0.25) is 0 Å². The predicted molar refractivity (Wildman–Crippen MR) is 87.7 cm³/mol. The molecule has 5 nitrogen and oxygen atoms in total. The Balaban J connectivity index is 2.24. The van der Waals surface area contributed by atoms with E-state index in [9.17, 15) is 9.90 Å². The van der Waals surface area contributed by atoms with E-state index in [1.54, 1.807) is 20.8 Å². The van der Waals surface area contributed by atoms with Crippen LogP contribution in [-0.4, -0.2) is 35.5 Å². The highest BCUT2D eigenvalue weighted by Gasteiger charge is 2.41. The molecule has 1 aliphatic rings. The van der Waals surface area contributed by atoms with Crippen LogP contribution in [-0.2, 0) is 14.3 Å². The van der Waals surface area contributed by atoms with Gasteiger partial charge in [0, 0.05) is 12.6 Å². The molecule has 1 aromatic carbocycles. The van der Waals surface area contributed by atoms with Crippen molar-refractivity contribution in [2.75, 3.05) is 6.61 Å². The molecule has 3 N–H and O–H groups in total. The Morgan fingerprint density at radius 1 is 1.35 bits per heavy atom. The van der Waals surface area contributed by atoms with Gasteiger partial charge in [-0.15, -0.1) is 0 Å². The van der Waals surface area contributed by atoms with E-state index in [4.69, 9.17) is 15.2 Å². The van der Waals surface area contributed by atoms with Crippen molar-refractivity contribution in [2.45, 2.75) is 57.5 Å². The van der Waals surface area contributed by atoms with Crippen LogP contribution in [0.15, 0.2) is 30.3 Å². The maximum Gasteiger partial charge on any atom is 0.314 e. The summed E-state index contributed by atoms with van der Waals surface area (Å²) in [6.07, 6.45) is 0.246. The van der Waals surface area contributed by atoms with Crippen LogP contribution in [0, 0.1) is 5.92 Å². The molecule has 128 valence electrons. The second kappa shape index (κ2) is 7.43. The third-order valence-electron chi connectivity index (χ3n) is 3.96. The first-order chi connectivity index (χ1) is 10.8. The Morgan fingerprint density at radius 2 is 2.00 bits per heavy atom. The van der Waals surface area contributed by atoms with Crippen molar-refractivity contribution in [1.29, 1.82) is 0 Å². The van der Waals surface area contributed by atoms with Gasteiger partial charge < -0.3 is 20.3 Å². The summed E-state index contributed by atoms with van der Waals surface area (Å²) in [6, 6.07) is 8.66. The molecule has 1 aromatic rings. The Kier molecular flexibility index (Phi) is 5.79. The normalized spacial score (nSPS) is 22.4. The van der Waals surface area contributed by atoms with Crippen molar-refractivity contribution in [2.24, 2.45) is 11.7 Å². The zero-order valence-corrected chi connectivity index (χ0v) is 14.1. The highest BCUT2D eigenvalue weighted by molar-refractivity contribution is 5.75. The molecule has 1 aliphatic heterocycles. The van der Waals surface area contributed by atoms with Crippen molar-refractivity contribution in [3.8, 4) is 0 Å². The van der Waals surface area contributed by atoms with E-state index < -0.39 is 29.6 Å². The number of ether oxygens (including phenoxy) is 2. The molecule has 0 aromatic heterocycles. The zero-order chi connectivity index (χ0) is 17.0. The van der Waals surface area contributed by atoms with Gasteiger partial charge in [-0.2, -0.15) is 0 Å². The van der Waals surface area contributed by atoms with Crippen molar-refractivity contribution >= 4 is 5.97 Å². The van der Waals surface area contributed by atoms with Gasteiger partial charge >= 0.3 is 5.97 Å². The molecular weight excluding hydrogens is 294 g/mol. The number of nitrogens with two attached hydrogens (primary N) is 1. The Morgan fingerprint density at radius 3 is 2.52 bits per heavy atom. The highest BCUT2D eigenvalue weighted by atomic mass is 16.6. The van der Waals surface area contributed by atoms with Crippen LogP contribution in [0.3, 0.4) is 0 Å². The number of carbonyl (C=O) groups excluding carboxylic acids is 1. The first kappa shape index (κ1) is 17.9. The van der Waals surface area contributed by atoms with Gasteiger partial charge in [0.25, 0.3) is 0 Å². The molecule has 0 amide bonds. The average molecular weight is 321 g/mol.